The zero-order chi connectivity index (χ0) is 71.5. The van der Waals surface area contributed by atoms with E-state index in [0.717, 1.165) is 11.4 Å². The molecule has 0 saturated heterocycles. The van der Waals surface area contributed by atoms with E-state index in [2.05, 4.69) is 81.1 Å². The largest absolute Gasteiger partial charge is 0.481 e. The van der Waals surface area contributed by atoms with Crippen molar-refractivity contribution in [2.45, 2.75) is 76.3 Å². The number of rotatable bonds is 27. The van der Waals surface area contributed by atoms with Crippen LogP contribution in [-0.4, -0.2) is 176 Å². The van der Waals surface area contributed by atoms with Crippen LogP contribution in [0.3, 0.4) is 0 Å². The van der Waals surface area contributed by atoms with Gasteiger partial charge >= 0.3 is 41.4 Å². The SMILES string of the molecule is CN(Cc1cnc2nc(N)nc(N)c2n1)c1ccc(C(=O)N[C@@H](CCC(=O)O)C(=O)O)cc1.CN(Cc1cnc2nc(N)nc(N)c2n1)c1ccc(C(=O)N[C@@H](CCC(=O)O)C(=O)O)cc1.Nc1nc(=O)c2nc(CNc3ccc(C(=O)N[C@@H](CCC(=O)O)C(=O)O)cc3)cnc2[nH]1. The number of nitrogens with two attached hydrogens (primary N) is 5. The van der Waals surface area contributed by atoms with Gasteiger partial charge in [0.15, 0.2) is 45.1 Å². The average Bonchev–Trinajstić information content (AvgIpc) is 0.826. The lowest BCUT2D eigenvalue weighted by Crippen LogP contribution is -2.41. The summed E-state index contributed by atoms with van der Waals surface area (Å²) < 4.78 is 0. The van der Waals surface area contributed by atoms with Crippen molar-refractivity contribution in [3.8, 4) is 0 Å². The second-order valence-electron chi connectivity index (χ2n) is 21.1. The number of anilines is 8. The fourth-order valence-electron chi connectivity index (χ4n) is 8.82. The van der Waals surface area contributed by atoms with Gasteiger partial charge in [0.2, 0.25) is 17.8 Å². The quantitative estimate of drug-likeness (QED) is 0.0333. The number of carbonyl (C=O) groups is 9. The topological polar surface area (TPSA) is 634 Å². The second-order valence-corrected chi connectivity index (χ2v) is 21.1. The number of aliphatic carboxylic acids is 6. The van der Waals surface area contributed by atoms with E-state index in [9.17, 15) is 58.2 Å². The summed E-state index contributed by atoms with van der Waals surface area (Å²) in [4.78, 5) is 166. The number of nitrogens with zero attached hydrogens (tertiary/aromatic N) is 13. The van der Waals surface area contributed by atoms with Crippen LogP contribution < -0.4 is 65.3 Å². The van der Waals surface area contributed by atoms with E-state index in [1.165, 1.54) is 42.6 Å². The Morgan fingerprint density at radius 1 is 0.459 bits per heavy atom. The number of hydrogen-bond donors (Lipinski definition) is 16. The van der Waals surface area contributed by atoms with Crippen LogP contribution in [-0.2, 0) is 48.4 Å². The highest BCUT2D eigenvalue weighted by Gasteiger charge is 2.25. The number of benzene rings is 3. The van der Waals surface area contributed by atoms with Crippen molar-refractivity contribution >= 4 is 134 Å². The Morgan fingerprint density at radius 3 is 1.18 bits per heavy atom. The van der Waals surface area contributed by atoms with Crippen molar-refractivity contribution in [1.29, 1.82) is 0 Å². The van der Waals surface area contributed by atoms with Gasteiger partial charge in [-0.3, -0.25) is 33.6 Å². The Morgan fingerprint density at radius 2 is 0.816 bits per heavy atom. The van der Waals surface area contributed by atoms with Crippen LogP contribution in [0.1, 0.15) is 86.7 Å². The minimum atomic E-state index is -1.31. The third-order valence-electron chi connectivity index (χ3n) is 13.8. The second kappa shape index (κ2) is 32.8. The number of fused-ring (bicyclic) bond motifs is 3. The first kappa shape index (κ1) is 71.8. The molecule has 0 fully saturated rings. The summed E-state index contributed by atoms with van der Waals surface area (Å²) in [6.45, 7) is 0.970. The smallest absolute Gasteiger partial charge is 0.326 e. The van der Waals surface area contributed by atoms with Gasteiger partial charge in [-0.2, -0.15) is 24.9 Å². The zero-order valence-corrected chi connectivity index (χ0v) is 51.7. The van der Waals surface area contributed by atoms with Crippen LogP contribution in [0.5, 0.6) is 0 Å². The van der Waals surface area contributed by atoms with Crippen molar-refractivity contribution in [2.75, 3.05) is 57.9 Å². The molecule has 9 rings (SSSR count). The summed E-state index contributed by atoms with van der Waals surface area (Å²) in [5.74, 6) is -8.97. The molecule has 0 aliphatic carbocycles. The molecule has 39 heteroatoms. The molecular weight excluding hydrogens is 1290 g/mol. The number of amides is 3. The molecule has 3 aromatic carbocycles. The van der Waals surface area contributed by atoms with Crippen molar-refractivity contribution in [1.82, 2.24) is 75.8 Å². The number of H-pyrrole nitrogens is 1. The molecule has 0 aliphatic rings. The highest BCUT2D eigenvalue weighted by atomic mass is 16.4. The van der Waals surface area contributed by atoms with Crippen LogP contribution in [0.15, 0.2) is 96.2 Å². The number of carboxylic acids is 6. The molecule has 6 aromatic heterocycles. The molecule has 0 radical (unpaired) electrons. The summed E-state index contributed by atoms with van der Waals surface area (Å²) in [5.41, 5.74) is 33.8. The van der Waals surface area contributed by atoms with Gasteiger partial charge in [-0.25, -0.2) is 44.3 Å². The van der Waals surface area contributed by atoms with E-state index >= 15 is 0 Å². The Kier molecular flexibility index (Phi) is 24.0. The molecule has 0 aliphatic heterocycles. The van der Waals surface area contributed by atoms with Gasteiger partial charge in [0.05, 0.1) is 55.3 Å². The molecule has 510 valence electrons. The number of nitrogen functional groups attached to an aromatic ring is 5. The molecule has 0 saturated carbocycles. The number of carbonyl (C=O) groups excluding carboxylic acids is 3. The minimum Gasteiger partial charge on any atom is -0.481 e. The normalized spacial score (nSPS) is 11.7. The number of carboxylic acid groups (broad SMARTS) is 6. The third kappa shape index (κ3) is 20.4. The number of aromatic nitrogens is 12. The molecule has 9 aromatic rings. The van der Waals surface area contributed by atoms with Crippen molar-refractivity contribution in [3.63, 3.8) is 0 Å². The summed E-state index contributed by atoms with van der Waals surface area (Å²) in [6.07, 6.45) is 2.79. The maximum absolute atomic E-state index is 12.4. The first-order valence-electron chi connectivity index (χ1n) is 28.8. The van der Waals surface area contributed by atoms with E-state index in [-0.39, 0.29) is 102 Å². The monoisotopic (exact) mass is 1350 g/mol. The molecule has 0 spiro atoms. The number of hydrogen-bond acceptors (Lipinski definition) is 29. The van der Waals surface area contributed by atoms with Crippen LogP contribution >= 0.6 is 0 Å². The predicted octanol–water partition coefficient (Wildman–Crippen LogP) is 0.492. The van der Waals surface area contributed by atoms with E-state index in [1.807, 2.05) is 23.9 Å². The predicted molar refractivity (Wildman–Crippen MR) is 348 cm³/mol. The van der Waals surface area contributed by atoms with E-state index in [0.29, 0.717) is 58.2 Å². The lowest BCUT2D eigenvalue weighted by Gasteiger charge is -2.19. The molecule has 6 heterocycles. The average molecular weight is 1350 g/mol. The highest BCUT2D eigenvalue weighted by molar-refractivity contribution is 5.99. The van der Waals surface area contributed by atoms with E-state index < -0.39 is 77.2 Å². The fourth-order valence-corrected chi connectivity index (χ4v) is 8.82. The molecule has 21 N–H and O–H groups in total. The number of nitrogens with one attached hydrogen (secondary N) is 5. The van der Waals surface area contributed by atoms with Gasteiger partial charge in [0.25, 0.3) is 17.7 Å². The van der Waals surface area contributed by atoms with Gasteiger partial charge in [-0.1, -0.05) is 0 Å². The summed E-state index contributed by atoms with van der Waals surface area (Å²) in [7, 11) is 3.63. The van der Waals surface area contributed by atoms with E-state index in [4.69, 9.17) is 49.1 Å². The minimum absolute atomic E-state index is 0.0138. The summed E-state index contributed by atoms with van der Waals surface area (Å²) in [6, 6.07) is 15.2. The molecule has 3 atom stereocenters. The first-order valence-corrected chi connectivity index (χ1v) is 28.8. The molecule has 0 bridgehead atoms. The van der Waals surface area contributed by atoms with Gasteiger partial charge in [-0.05, 0) is 92.1 Å². The van der Waals surface area contributed by atoms with Crippen molar-refractivity contribution < 1.29 is 73.8 Å². The summed E-state index contributed by atoms with van der Waals surface area (Å²) >= 11 is 0. The Bertz CT molecular complexity index is 4340. The molecule has 98 heavy (non-hydrogen) atoms. The zero-order valence-electron chi connectivity index (χ0n) is 51.7. The molecule has 3 amide bonds. The van der Waals surface area contributed by atoms with Gasteiger partial charge in [0.1, 0.15) is 18.1 Å². The molecule has 0 unspecified atom stereocenters. The van der Waals surface area contributed by atoms with Gasteiger partial charge < -0.3 is 95.4 Å². The Labute approximate surface area is 551 Å². The Balaban J connectivity index is 0.000000207. The van der Waals surface area contributed by atoms with Crippen LogP contribution in [0.2, 0.25) is 0 Å². The van der Waals surface area contributed by atoms with Crippen LogP contribution in [0, 0.1) is 0 Å². The van der Waals surface area contributed by atoms with Gasteiger partial charge in [-0.15, -0.1) is 0 Å². The number of aromatic amines is 1. The van der Waals surface area contributed by atoms with Crippen LogP contribution in [0.25, 0.3) is 33.5 Å². The lowest BCUT2D eigenvalue weighted by molar-refractivity contribution is -0.142. The highest BCUT2D eigenvalue weighted by Crippen LogP contribution is 2.22. The lowest BCUT2D eigenvalue weighted by atomic mass is 10.1. The Hall–Kier alpha value is -13.7. The van der Waals surface area contributed by atoms with Gasteiger partial charge in [0, 0.05) is 67.1 Å². The summed E-state index contributed by atoms with van der Waals surface area (Å²) in [5, 5.41) is 63.7. The van der Waals surface area contributed by atoms with Crippen LogP contribution in [0.4, 0.5) is 46.5 Å². The fraction of sp³-hybridized carbons (Fsp3) is 0.237. The van der Waals surface area contributed by atoms with Crippen molar-refractivity contribution in [2.24, 2.45) is 0 Å². The molecular formula is C59H63N23O16. The third-order valence-corrected chi connectivity index (χ3v) is 13.8. The first-order chi connectivity index (χ1) is 46.5. The maximum Gasteiger partial charge on any atom is 0.326 e. The van der Waals surface area contributed by atoms with Crippen molar-refractivity contribution in [3.05, 3.63) is 136 Å². The standard InChI is InChI=1S/2C20H22N8O5.C19H19N7O6/c2*1-28(9-11-8-23-17-15(24-11)16(21)26-20(22)27-17)12-4-2-10(3-5-12)18(31)25-13(19(32)33)6-7-14(29)30;20-19-25-15-14(17(30)26-19)23-11(8-22-15)7-21-10-3-1-9(2-4-10)16(29)24-12(18(31)32)5-6-13(27)28/h2*2-5,8,13H,6-7,9H2,1H3,(H,25,31)(H,29,30)(H,32,33)(H4,21,22,23,26,27);1-4,8,12,21H,5-7H2,(H,24,29)(H,27,28)(H,31,32)(H3,20,22,25,26,30)/t2*13-;12-/m000/s1. The molecule has 39 nitrogen and oxygen atoms in total. The maximum atomic E-state index is 12.4. The van der Waals surface area contributed by atoms with E-state index in [1.54, 1.807) is 48.8 Å².